The SMILES string of the molecule is C[C@@H](O)[C@H](N)C(=O)O.O=C(O)CCC(=O)C(=O)O. The average Bonchev–Trinajstić information content (AvgIpc) is 2.24. The Morgan fingerprint density at radius 3 is 1.67 bits per heavy atom. The normalized spacial score (nSPS) is 12.6. The summed E-state index contributed by atoms with van der Waals surface area (Å²) >= 11 is 0. The van der Waals surface area contributed by atoms with Crippen molar-refractivity contribution in [3.05, 3.63) is 0 Å². The van der Waals surface area contributed by atoms with E-state index in [1.807, 2.05) is 0 Å². The van der Waals surface area contributed by atoms with E-state index in [0.717, 1.165) is 0 Å². The molecule has 0 aromatic rings. The number of carbonyl (C=O) groups excluding carboxylic acids is 1. The molecule has 0 radical (unpaired) electrons. The van der Waals surface area contributed by atoms with Gasteiger partial charge in [-0.15, -0.1) is 0 Å². The molecule has 0 spiro atoms. The maximum absolute atomic E-state index is 10.2. The number of rotatable bonds is 6. The molecule has 0 rings (SSSR count). The maximum Gasteiger partial charge on any atom is 0.372 e. The summed E-state index contributed by atoms with van der Waals surface area (Å²) in [5, 5.41) is 32.5. The first-order valence-corrected chi connectivity index (χ1v) is 4.74. The quantitative estimate of drug-likeness (QED) is 0.350. The molecular formula is C9H15NO8. The Balaban J connectivity index is 0. The molecule has 104 valence electrons. The van der Waals surface area contributed by atoms with Crippen molar-refractivity contribution in [1.29, 1.82) is 0 Å². The number of aliphatic carboxylic acids is 3. The Labute approximate surface area is 102 Å². The number of carboxylic acids is 3. The van der Waals surface area contributed by atoms with Crippen molar-refractivity contribution in [2.24, 2.45) is 5.73 Å². The molecule has 0 heterocycles. The number of carbonyl (C=O) groups is 4. The number of hydrogen-bond acceptors (Lipinski definition) is 6. The van der Waals surface area contributed by atoms with Crippen molar-refractivity contribution in [2.45, 2.75) is 31.9 Å². The third-order valence-electron chi connectivity index (χ3n) is 1.61. The van der Waals surface area contributed by atoms with Gasteiger partial charge in [-0.2, -0.15) is 0 Å². The predicted octanol–water partition coefficient (Wildman–Crippen LogP) is -1.72. The van der Waals surface area contributed by atoms with E-state index in [4.69, 9.17) is 26.2 Å². The first-order chi connectivity index (χ1) is 8.09. The highest BCUT2D eigenvalue weighted by Gasteiger charge is 2.16. The van der Waals surface area contributed by atoms with Gasteiger partial charge in [0.25, 0.3) is 0 Å². The van der Waals surface area contributed by atoms with Crippen LogP contribution in [0.5, 0.6) is 0 Å². The smallest absolute Gasteiger partial charge is 0.372 e. The molecule has 0 amide bonds. The molecule has 9 nitrogen and oxygen atoms in total. The number of Topliss-reactive ketones (excluding diaryl/α,β-unsaturated/α-hetero) is 1. The van der Waals surface area contributed by atoms with E-state index in [1.54, 1.807) is 0 Å². The lowest BCUT2D eigenvalue weighted by Gasteiger charge is -2.06. The summed E-state index contributed by atoms with van der Waals surface area (Å²) in [6, 6.07) is -1.16. The zero-order valence-electron chi connectivity index (χ0n) is 9.57. The van der Waals surface area contributed by atoms with Gasteiger partial charge in [0, 0.05) is 6.42 Å². The van der Waals surface area contributed by atoms with Crippen LogP contribution in [0.15, 0.2) is 0 Å². The van der Waals surface area contributed by atoms with Crippen molar-refractivity contribution in [3.8, 4) is 0 Å². The summed E-state index contributed by atoms with van der Waals surface area (Å²) in [4.78, 5) is 39.6. The van der Waals surface area contributed by atoms with Gasteiger partial charge < -0.3 is 26.2 Å². The lowest BCUT2D eigenvalue weighted by Crippen LogP contribution is -2.39. The topological polar surface area (TPSA) is 175 Å². The fourth-order valence-electron chi connectivity index (χ4n) is 0.534. The van der Waals surface area contributed by atoms with E-state index in [1.165, 1.54) is 6.92 Å². The van der Waals surface area contributed by atoms with Crippen LogP contribution in [0, 0.1) is 0 Å². The molecule has 0 aromatic carbocycles. The van der Waals surface area contributed by atoms with Gasteiger partial charge in [0.1, 0.15) is 6.04 Å². The summed E-state index contributed by atoms with van der Waals surface area (Å²) in [5.41, 5.74) is 4.91. The second kappa shape index (κ2) is 9.07. The molecule has 2 atom stereocenters. The Hall–Kier alpha value is -2.00. The van der Waals surface area contributed by atoms with Crippen LogP contribution in [0.3, 0.4) is 0 Å². The lowest BCUT2D eigenvalue weighted by atomic mass is 10.2. The van der Waals surface area contributed by atoms with Crippen molar-refractivity contribution in [1.82, 2.24) is 0 Å². The zero-order chi connectivity index (χ0) is 14.9. The fraction of sp³-hybridized carbons (Fsp3) is 0.556. The number of aliphatic hydroxyl groups excluding tert-OH is 1. The highest BCUT2D eigenvalue weighted by Crippen LogP contribution is 1.90. The van der Waals surface area contributed by atoms with Gasteiger partial charge in [0.15, 0.2) is 0 Å². The van der Waals surface area contributed by atoms with E-state index in [9.17, 15) is 19.2 Å². The standard InChI is InChI=1S/C5H6O5.C4H9NO3/c6-3(5(9)10)1-2-4(7)8;1-2(6)3(5)4(7)8/h1-2H2,(H,7,8)(H,9,10);2-3,6H,5H2,1H3,(H,7,8)/t;2-,3+/m.1/s1. The molecule has 0 aliphatic carbocycles. The van der Waals surface area contributed by atoms with Gasteiger partial charge in [-0.1, -0.05) is 0 Å². The van der Waals surface area contributed by atoms with Crippen LogP contribution < -0.4 is 5.73 Å². The molecule has 0 fully saturated rings. The number of hydrogen-bond donors (Lipinski definition) is 5. The lowest BCUT2D eigenvalue weighted by molar-refractivity contribution is -0.149. The predicted molar refractivity (Wildman–Crippen MR) is 56.8 cm³/mol. The largest absolute Gasteiger partial charge is 0.481 e. The zero-order valence-corrected chi connectivity index (χ0v) is 9.57. The first kappa shape index (κ1) is 18.4. The molecule has 6 N–H and O–H groups in total. The second-order valence-electron chi connectivity index (χ2n) is 3.23. The van der Waals surface area contributed by atoms with Gasteiger partial charge in [-0.25, -0.2) is 4.79 Å². The summed E-state index contributed by atoms with van der Waals surface area (Å²) in [6.45, 7) is 1.33. The van der Waals surface area contributed by atoms with Crippen LogP contribution in [0.25, 0.3) is 0 Å². The van der Waals surface area contributed by atoms with Crippen LogP contribution in [0.4, 0.5) is 0 Å². The summed E-state index contributed by atoms with van der Waals surface area (Å²) in [5.74, 6) is -5.00. The van der Waals surface area contributed by atoms with Gasteiger partial charge in [0.05, 0.1) is 12.5 Å². The highest BCUT2D eigenvalue weighted by atomic mass is 16.4. The van der Waals surface area contributed by atoms with Crippen molar-refractivity contribution >= 4 is 23.7 Å². The van der Waals surface area contributed by atoms with E-state index >= 15 is 0 Å². The van der Waals surface area contributed by atoms with E-state index < -0.39 is 48.7 Å². The van der Waals surface area contributed by atoms with Crippen LogP contribution >= 0.6 is 0 Å². The van der Waals surface area contributed by atoms with E-state index in [0.29, 0.717) is 0 Å². The number of carboxylic acid groups (broad SMARTS) is 3. The van der Waals surface area contributed by atoms with Gasteiger partial charge >= 0.3 is 17.9 Å². The molecule has 18 heavy (non-hydrogen) atoms. The van der Waals surface area contributed by atoms with Crippen LogP contribution in [0.1, 0.15) is 19.8 Å². The van der Waals surface area contributed by atoms with Crippen molar-refractivity contribution in [3.63, 3.8) is 0 Å². The molecule has 0 aliphatic heterocycles. The Kier molecular flexibility index (Phi) is 9.26. The average molecular weight is 265 g/mol. The summed E-state index contributed by atoms with van der Waals surface area (Å²) in [6.07, 6.45) is -1.84. The Morgan fingerprint density at radius 2 is 1.50 bits per heavy atom. The van der Waals surface area contributed by atoms with Crippen LogP contribution in [-0.2, 0) is 19.2 Å². The van der Waals surface area contributed by atoms with Crippen molar-refractivity contribution in [2.75, 3.05) is 0 Å². The minimum Gasteiger partial charge on any atom is -0.481 e. The monoisotopic (exact) mass is 265 g/mol. The Morgan fingerprint density at radius 1 is 1.06 bits per heavy atom. The molecule has 0 aliphatic rings. The number of nitrogens with two attached hydrogens (primary N) is 1. The molecule has 0 bridgehead atoms. The third kappa shape index (κ3) is 10.5. The van der Waals surface area contributed by atoms with Crippen LogP contribution in [-0.4, -0.2) is 56.3 Å². The van der Waals surface area contributed by atoms with E-state index in [-0.39, 0.29) is 0 Å². The van der Waals surface area contributed by atoms with Crippen molar-refractivity contribution < 1.29 is 39.6 Å². The number of ketones is 1. The van der Waals surface area contributed by atoms with Gasteiger partial charge in [0.2, 0.25) is 5.78 Å². The second-order valence-corrected chi connectivity index (χ2v) is 3.23. The molecule has 9 heteroatoms. The number of aliphatic hydroxyl groups is 1. The first-order valence-electron chi connectivity index (χ1n) is 4.74. The molecular weight excluding hydrogens is 250 g/mol. The molecule has 0 unspecified atom stereocenters. The molecule has 0 saturated heterocycles. The molecule has 0 saturated carbocycles. The Bertz CT molecular complexity index is 325. The summed E-state index contributed by atoms with van der Waals surface area (Å²) in [7, 11) is 0. The summed E-state index contributed by atoms with van der Waals surface area (Å²) < 4.78 is 0. The highest BCUT2D eigenvalue weighted by molar-refractivity contribution is 6.32. The minimum atomic E-state index is -1.58. The molecule has 0 aromatic heterocycles. The fourth-order valence-corrected chi connectivity index (χ4v) is 0.534. The van der Waals surface area contributed by atoms with E-state index in [2.05, 4.69) is 0 Å². The minimum absolute atomic E-state index is 0.425. The van der Waals surface area contributed by atoms with Gasteiger partial charge in [-0.3, -0.25) is 14.4 Å². The maximum atomic E-state index is 10.2. The third-order valence-corrected chi connectivity index (χ3v) is 1.61. The van der Waals surface area contributed by atoms with Crippen LogP contribution in [0.2, 0.25) is 0 Å². The van der Waals surface area contributed by atoms with Gasteiger partial charge in [-0.05, 0) is 6.92 Å².